The number of benzene rings is 1. The largest absolute Gasteiger partial charge is 0.367 e. The summed E-state index contributed by atoms with van der Waals surface area (Å²) in [4.78, 5) is 13.9. The lowest BCUT2D eigenvalue weighted by atomic mass is 10.1. The van der Waals surface area contributed by atoms with Crippen molar-refractivity contribution in [3.63, 3.8) is 0 Å². The fraction of sp³-hybridized carbons (Fsp3) is 0.429. The number of carbonyl (C=O) groups excluding carboxylic acids is 1. The summed E-state index contributed by atoms with van der Waals surface area (Å²) in [5.41, 5.74) is 0.834. The second-order valence-corrected chi connectivity index (χ2v) is 3.85. The van der Waals surface area contributed by atoms with Crippen molar-refractivity contribution in [3.8, 4) is 6.07 Å². The zero-order valence-electron chi connectivity index (χ0n) is 10.8. The van der Waals surface area contributed by atoms with Crippen LogP contribution in [0, 0.1) is 11.3 Å². The van der Waals surface area contributed by atoms with Crippen LogP contribution in [-0.4, -0.2) is 31.0 Å². The third-order valence-corrected chi connectivity index (χ3v) is 2.75. The average Bonchev–Trinajstić information content (AvgIpc) is 2.42. The summed E-state index contributed by atoms with van der Waals surface area (Å²) in [6, 6.07) is 11.4. The van der Waals surface area contributed by atoms with Crippen LogP contribution in [0.3, 0.4) is 0 Å². The molecule has 96 valence electrons. The second kappa shape index (κ2) is 7.46. The Hall–Kier alpha value is -1.86. The molecular weight excluding hydrogens is 228 g/mol. The van der Waals surface area contributed by atoms with Gasteiger partial charge in [-0.1, -0.05) is 30.3 Å². The summed E-state index contributed by atoms with van der Waals surface area (Å²) >= 11 is 0. The first-order valence-corrected chi connectivity index (χ1v) is 5.98. The molecule has 0 aliphatic rings. The van der Waals surface area contributed by atoms with E-state index in [1.165, 1.54) is 7.11 Å². The van der Waals surface area contributed by atoms with Gasteiger partial charge in [0.2, 0.25) is 0 Å². The standard InChI is InChI=1S/C14H18N2O2/c1-3-16(11-7-10-15)14(17)13(18-2)12-8-5-4-6-9-12/h4-6,8-9,13H,3,7,11H2,1-2H3. The number of likely N-dealkylation sites (N-methyl/N-ethyl adjacent to an activating group) is 1. The fourth-order valence-corrected chi connectivity index (χ4v) is 1.78. The molecule has 1 atom stereocenters. The molecule has 0 heterocycles. The molecule has 4 nitrogen and oxygen atoms in total. The molecule has 0 N–H and O–H groups in total. The molecule has 1 amide bonds. The molecule has 1 unspecified atom stereocenters. The monoisotopic (exact) mass is 246 g/mol. The van der Waals surface area contributed by atoms with Crippen molar-refractivity contribution < 1.29 is 9.53 Å². The zero-order chi connectivity index (χ0) is 13.4. The van der Waals surface area contributed by atoms with Gasteiger partial charge in [0, 0.05) is 20.2 Å². The molecule has 1 aromatic rings. The van der Waals surface area contributed by atoms with E-state index in [0.29, 0.717) is 19.5 Å². The number of amides is 1. The van der Waals surface area contributed by atoms with Crippen LogP contribution in [-0.2, 0) is 9.53 Å². The van der Waals surface area contributed by atoms with E-state index in [-0.39, 0.29) is 5.91 Å². The summed E-state index contributed by atoms with van der Waals surface area (Å²) in [7, 11) is 1.52. The van der Waals surface area contributed by atoms with Crippen molar-refractivity contribution in [1.29, 1.82) is 5.26 Å². The van der Waals surface area contributed by atoms with Crippen LogP contribution < -0.4 is 0 Å². The summed E-state index contributed by atoms with van der Waals surface area (Å²) in [5.74, 6) is -0.0959. The zero-order valence-corrected chi connectivity index (χ0v) is 10.8. The molecule has 0 saturated carbocycles. The molecule has 0 aliphatic heterocycles. The molecule has 18 heavy (non-hydrogen) atoms. The molecule has 0 aliphatic carbocycles. The summed E-state index contributed by atoms with van der Waals surface area (Å²) in [5, 5.41) is 8.59. The van der Waals surface area contributed by atoms with Crippen molar-refractivity contribution >= 4 is 5.91 Å². The molecular formula is C14H18N2O2. The number of rotatable bonds is 6. The van der Waals surface area contributed by atoms with E-state index < -0.39 is 6.10 Å². The molecule has 0 saturated heterocycles. The SMILES string of the molecule is CCN(CCC#N)C(=O)C(OC)c1ccccc1. The van der Waals surface area contributed by atoms with Crippen LogP contribution in [0.5, 0.6) is 0 Å². The quantitative estimate of drug-likeness (QED) is 0.772. The van der Waals surface area contributed by atoms with Gasteiger partial charge in [0.1, 0.15) is 0 Å². The summed E-state index contributed by atoms with van der Waals surface area (Å²) in [6.07, 6.45) is -0.255. The number of methoxy groups -OCH3 is 1. The Balaban J connectivity index is 2.81. The first kappa shape index (κ1) is 14.2. The van der Waals surface area contributed by atoms with E-state index in [2.05, 4.69) is 0 Å². The molecule has 0 aromatic heterocycles. The molecule has 0 fully saturated rings. The third-order valence-electron chi connectivity index (χ3n) is 2.75. The smallest absolute Gasteiger partial charge is 0.256 e. The fourth-order valence-electron chi connectivity index (χ4n) is 1.78. The van der Waals surface area contributed by atoms with Gasteiger partial charge in [0.15, 0.2) is 6.10 Å². The Morgan fingerprint density at radius 1 is 1.44 bits per heavy atom. The molecule has 0 spiro atoms. The first-order chi connectivity index (χ1) is 8.74. The van der Waals surface area contributed by atoms with Gasteiger partial charge in [-0.3, -0.25) is 4.79 Å². The maximum absolute atomic E-state index is 12.3. The number of carbonyl (C=O) groups is 1. The highest BCUT2D eigenvalue weighted by Gasteiger charge is 2.24. The molecule has 4 heteroatoms. The minimum absolute atomic E-state index is 0.0959. The van der Waals surface area contributed by atoms with Crippen LogP contribution in [0.1, 0.15) is 25.0 Å². The van der Waals surface area contributed by atoms with Crippen LogP contribution in [0.15, 0.2) is 30.3 Å². The molecule has 0 radical (unpaired) electrons. The number of hydrogen-bond donors (Lipinski definition) is 0. The maximum Gasteiger partial charge on any atom is 0.256 e. The second-order valence-electron chi connectivity index (χ2n) is 3.85. The van der Waals surface area contributed by atoms with E-state index in [4.69, 9.17) is 10.00 Å². The lowest BCUT2D eigenvalue weighted by Crippen LogP contribution is -2.36. The Morgan fingerprint density at radius 3 is 2.61 bits per heavy atom. The maximum atomic E-state index is 12.3. The van der Waals surface area contributed by atoms with Crippen LogP contribution >= 0.6 is 0 Å². The Bertz CT molecular complexity index is 412. The number of nitrogens with zero attached hydrogens (tertiary/aromatic N) is 2. The minimum Gasteiger partial charge on any atom is -0.367 e. The van der Waals surface area contributed by atoms with Crippen molar-refractivity contribution in [1.82, 2.24) is 4.90 Å². The van der Waals surface area contributed by atoms with E-state index in [1.54, 1.807) is 4.90 Å². The number of nitriles is 1. The van der Waals surface area contributed by atoms with Crippen molar-refractivity contribution in [2.24, 2.45) is 0 Å². The van der Waals surface area contributed by atoms with E-state index in [1.807, 2.05) is 43.3 Å². The van der Waals surface area contributed by atoms with Gasteiger partial charge in [-0.15, -0.1) is 0 Å². The molecule has 0 bridgehead atoms. The highest BCUT2D eigenvalue weighted by Crippen LogP contribution is 2.19. The lowest BCUT2D eigenvalue weighted by Gasteiger charge is -2.25. The van der Waals surface area contributed by atoms with E-state index in [9.17, 15) is 4.79 Å². The number of hydrogen-bond acceptors (Lipinski definition) is 3. The van der Waals surface area contributed by atoms with Crippen LogP contribution in [0.2, 0.25) is 0 Å². The molecule has 1 aromatic carbocycles. The van der Waals surface area contributed by atoms with Gasteiger partial charge in [-0.2, -0.15) is 5.26 Å². The number of ether oxygens (including phenoxy) is 1. The topological polar surface area (TPSA) is 53.3 Å². The van der Waals surface area contributed by atoms with E-state index in [0.717, 1.165) is 5.56 Å². The van der Waals surface area contributed by atoms with Gasteiger partial charge in [-0.05, 0) is 12.5 Å². The normalized spacial score (nSPS) is 11.6. The van der Waals surface area contributed by atoms with Gasteiger partial charge in [0.25, 0.3) is 5.91 Å². The predicted molar refractivity (Wildman–Crippen MR) is 68.7 cm³/mol. The Morgan fingerprint density at radius 2 is 2.11 bits per heavy atom. The summed E-state index contributed by atoms with van der Waals surface area (Å²) < 4.78 is 5.29. The average molecular weight is 246 g/mol. The highest BCUT2D eigenvalue weighted by atomic mass is 16.5. The minimum atomic E-state index is -0.593. The van der Waals surface area contributed by atoms with Crippen LogP contribution in [0.4, 0.5) is 0 Å². The first-order valence-electron chi connectivity index (χ1n) is 5.98. The molecule has 1 rings (SSSR count). The van der Waals surface area contributed by atoms with Crippen LogP contribution in [0.25, 0.3) is 0 Å². The van der Waals surface area contributed by atoms with Crippen molar-refractivity contribution in [2.75, 3.05) is 20.2 Å². The Labute approximate surface area is 108 Å². The third kappa shape index (κ3) is 3.57. The summed E-state index contributed by atoms with van der Waals surface area (Å²) in [6.45, 7) is 2.92. The van der Waals surface area contributed by atoms with Gasteiger partial charge < -0.3 is 9.64 Å². The van der Waals surface area contributed by atoms with Gasteiger partial charge >= 0.3 is 0 Å². The van der Waals surface area contributed by atoms with Crippen molar-refractivity contribution in [3.05, 3.63) is 35.9 Å². The van der Waals surface area contributed by atoms with E-state index >= 15 is 0 Å². The predicted octanol–water partition coefficient (Wildman–Crippen LogP) is 2.14. The van der Waals surface area contributed by atoms with Gasteiger partial charge in [-0.25, -0.2) is 0 Å². The van der Waals surface area contributed by atoms with Gasteiger partial charge in [0.05, 0.1) is 12.5 Å². The van der Waals surface area contributed by atoms with Crippen molar-refractivity contribution in [2.45, 2.75) is 19.4 Å². The lowest BCUT2D eigenvalue weighted by molar-refractivity contribution is -0.142. The highest BCUT2D eigenvalue weighted by molar-refractivity contribution is 5.82. The Kier molecular flexibility index (Phi) is 5.89.